The molecule has 0 unspecified atom stereocenters. The Bertz CT molecular complexity index is 1270. The van der Waals surface area contributed by atoms with E-state index in [0.717, 1.165) is 27.8 Å². The molecule has 3 aromatic carbocycles. The summed E-state index contributed by atoms with van der Waals surface area (Å²) in [5, 5.41) is 9.89. The van der Waals surface area contributed by atoms with E-state index in [0.29, 0.717) is 6.61 Å². The zero-order valence-corrected chi connectivity index (χ0v) is 20.1. The number of hydrogen-bond donors (Lipinski definition) is 1. The van der Waals surface area contributed by atoms with Crippen LogP contribution in [0.2, 0.25) is 0 Å². The van der Waals surface area contributed by atoms with Crippen molar-refractivity contribution in [3.05, 3.63) is 95.6 Å². The summed E-state index contributed by atoms with van der Waals surface area (Å²) >= 11 is 0. The summed E-state index contributed by atoms with van der Waals surface area (Å²) in [5.74, 6) is -3.30. The minimum absolute atomic E-state index is 0.0852. The van der Waals surface area contributed by atoms with Crippen LogP contribution >= 0.6 is 0 Å². The number of carbonyl (C=O) groups is 2. The highest BCUT2D eigenvalue weighted by Crippen LogP contribution is 2.44. The molecular weight excluding hydrogens is 474 g/mol. The van der Waals surface area contributed by atoms with Gasteiger partial charge in [-0.05, 0) is 27.8 Å². The van der Waals surface area contributed by atoms with E-state index >= 15 is 0 Å². The van der Waals surface area contributed by atoms with Crippen LogP contribution in [0.4, 0.5) is 4.79 Å². The number of carboxylic acid groups (broad SMARTS) is 1. The second-order valence-electron chi connectivity index (χ2n) is 9.56. The largest absolute Gasteiger partial charge is 0.477 e. The van der Waals surface area contributed by atoms with Gasteiger partial charge >= 0.3 is 12.1 Å². The van der Waals surface area contributed by atoms with Crippen LogP contribution in [0.1, 0.15) is 22.6 Å². The average molecular weight is 502 g/mol. The van der Waals surface area contributed by atoms with E-state index in [2.05, 4.69) is 24.3 Å². The minimum Gasteiger partial charge on any atom is -0.477 e. The second kappa shape index (κ2) is 9.63. The van der Waals surface area contributed by atoms with Gasteiger partial charge in [-0.3, -0.25) is 4.90 Å². The first-order valence-corrected chi connectivity index (χ1v) is 12.3. The molecule has 0 aromatic heterocycles. The van der Waals surface area contributed by atoms with Crippen molar-refractivity contribution in [2.45, 2.75) is 30.5 Å². The third-order valence-electron chi connectivity index (χ3n) is 7.21. The molecule has 2 fully saturated rings. The molecule has 1 amide bonds. The standard InChI is InChI=1S/C29H27NO7/c31-27(32)29-18-30(14-25(36-29)26(37-29)17-34-15-19-8-2-1-3-9-19)28(33)35-16-24-22-12-6-4-10-20(22)21-11-5-7-13-23(21)24/h1-13,24-26H,14-18H2,(H,31,32)/t25-,26-,29+/m0/s1. The summed E-state index contributed by atoms with van der Waals surface area (Å²) in [7, 11) is 0. The highest BCUT2D eigenvalue weighted by Gasteiger charge is 2.59. The Morgan fingerprint density at radius 2 is 1.54 bits per heavy atom. The number of rotatable bonds is 7. The SMILES string of the molecule is O=C(OCC1c2ccccc2-c2ccccc21)N1C[C@@H]2O[C@](C(=O)O)(C1)O[C@H]2COCc1ccccc1. The van der Waals surface area contributed by atoms with Gasteiger partial charge in [0.1, 0.15) is 18.8 Å². The van der Waals surface area contributed by atoms with Crippen LogP contribution in [-0.2, 0) is 30.3 Å². The molecule has 6 rings (SSSR count). The predicted molar refractivity (Wildman–Crippen MR) is 133 cm³/mol. The van der Waals surface area contributed by atoms with Crippen molar-refractivity contribution in [1.29, 1.82) is 0 Å². The molecule has 2 saturated heterocycles. The number of carboxylic acids is 1. The van der Waals surface area contributed by atoms with Crippen LogP contribution in [0, 0.1) is 0 Å². The molecule has 3 aliphatic rings. The van der Waals surface area contributed by atoms with Crippen molar-refractivity contribution in [2.24, 2.45) is 0 Å². The van der Waals surface area contributed by atoms with Crippen molar-refractivity contribution in [1.82, 2.24) is 4.90 Å². The van der Waals surface area contributed by atoms with Crippen LogP contribution in [0.25, 0.3) is 11.1 Å². The van der Waals surface area contributed by atoms with Crippen LogP contribution < -0.4 is 0 Å². The predicted octanol–water partition coefficient (Wildman–Crippen LogP) is 4.03. The van der Waals surface area contributed by atoms with Gasteiger partial charge in [-0.15, -0.1) is 0 Å². The number of aliphatic carboxylic acids is 1. The van der Waals surface area contributed by atoms with E-state index in [1.54, 1.807) is 0 Å². The van der Waals surface area contributed by atoms with Gasteiger partial charge in [0.25, 0.3) is 5.79 Å². The summed E-state index contributed by atoms with van der Waals surface area (Å²) in [6, 6.07) is 25.9. The van der Waals surface area contributed by atoms with E-state index in [4.69, 9.17) is 18.9 Å². The number of carbonyl (C=O) groups excluding carboxylic acids is 1. The maximum absolute atomic E-state index is 13.1. The molecule has 2 heterocycles. The van der Waals surface area contributed by atoms with E-state index < -0.39 is 30.1 Å². The summed E-state index contributed by atoms with van der Waals surface area (Å²) < 4.78 is 23.1. The Morgan fingerprint density at radius 3 is 2.22 bits per heavy atom. The normalized spacial score (nSPS) is 23.9. The van der Waals surface area contributed by atoms with Crippen LogP contribution in [0.5, 0.6) is 0 Å². The van der Waals surface area contributed by atoms with E-state index in [-0.39, 0.29) is 32.2 Å². The molecule has 1 aliphatic carbocycles. The third-order valence-corrected chi connectivity index (χ3v) is 7.21. The quantitative estimate of drug-likeness (QED) is 0.522. The maximum atomic E-state index is 13.1. The van der Waals surface area contributed by atoms with Crippen molar-refractivity contribution in [3.8, 4) is 11.1 Å². The number of nitrogens with zero attached hydrogens (tertiary/aromatic N) is 1. The fourth-order valence-electron chi connectivity index (χ4n) is 5.43. The number of benzene rings is 3. The minimum atomic E-state index is -1.94. The summed E-state index contributed by atoms with van der Waals surface area (Å²) in [5.41, 5.74) is 5.50. The lowest BCUT2D eigenvalue weighted by Crippen LogP contribution is -2.57. The van der Waals surface area contributed by atoms with Gasteiger partial charge in [0.05, 0.1) is 26.3 Å². The van der Waals surface area contributed by atoms with Gasteiger partial charge in [0, 0.05) is 5.92 Å². The highest BCUT2D eigenvalue weighted by atomic mass is 16.8. The lowest BCUT2D eigenvalue weighted by atomic mass is 9.98. The molecule has 0 radical (unpaired) electrons. The third kappa shape index (κ3) is 4.37. The summed E-state index contributed by atoms with van der Waals surface area (Å²) in [6.45, 7) is 0.561. The first-order valence-electron chi connectivity index (χ1n) is 12.3. The van der Waals surface area contributed by atoms with Gasteiger partial charge in [-0.25, -0.2) is 9.59 Å². The Labute approximate surface area is 214 Å². The molecule has 8 nitrogen and oxygen atoms in total. The van der Waals surface area contributed by atoms with Crippen molar-refractivity contribution >= 4 is 12.1 Å². The van der Waals surface area contributed by atoms with Gasteiger partial charge in [0.15, 0.2) is 0 Å². The van der Waals surface area contributed by atoms with Gasteiger partial charge in [0.2, 0.25) is 0 Å². The molecule has 0 spiro atoms. The maximum Gasteiger partial charge on any atom is 0.410 e. The molecule has 190 valence electrons. The van der Waals surface area contributed by atoms with Crippen molar-refractivity contribution in [3.63, 3.8) is 0 Å². The number of morpholine rings is 1. The van der Waals surface area contributed by atoms with Crippen molar-refractivity contribution < 1.29 is 33.6 Å². The van der Waals surface area contributed by atoms with Gasteiger partial charge < -0.3 is 24.1 Å². The molecule has 37 heavy (non-hydrogen) atoms. The Morgan fingerprint density at radius 1 is 0.892 bits per heavy atom. The Hall–Kier alpha value is -3.72. The lowest BCUT2D eigenvalue weighted by molar-refractivity contribution is -0.223. The monoisotopic (exact) mass is 501 g/mol. The zero-order valence-electron chi connectivity index (χ0n) is 20.1. The molecule has 0 saturated carbocycles. The van der Waals surface area contributed by atoms with Crippen LogP contribution in [0.3, 0.4) is 0 Å². The number of hydrogen-bond acceptors (Lipinski definition) is 6. The zero-order chi connectivity index (χ0) is 25.4. The second-order valence-corrected chi connectivity index (χ2v) is 9.56. The Balaban J connectivity index is 1.12. The fourth-order valence-corrected chi connectivity index (χ4v) is 5.43. The van der Waals surface area contributed by atoms with Gasteiger partial charge in [-0.2, -0.15) is 0 Å². The molecule has 8 heteroatoms. The molecule has 2 bridgehead atoms. The Kier molecular flexibility index (Phi) is 6.16. The topological polar surface area (TPSA) is 94.5 Å². The number of ether oxygens (including phenoxy) is 4. The molecular formula is C29H27NO7. The first-order chi connectivity index (χ1) is 18.0. The summed E-state index contributed by atoms with van der Waals surface area (Å²) in [4.78, 5) is 26.6. The van der Waals surface area contributed by atoms with Crippen LogP contribution in [0.15, 0.2) is 78.9 Å². The van der Waals surface area contributed by atoms with E-state index in [9.17, 15) is 14.7 Å². The number of amides is 1. The fraction of sp³-hybridized carbons (Fsp3) is 0.310. The molecule has 1 N–H and O–H groups in total. The molecule has 2 aliphatic heterocycles. The highest BCUT2D eigenvalue weighted by molar-refractivity contribution is 5.80. The number of fused-ring (bicyclic) bond motifs is 5. The average Bonchev–Trinajstić information content (AvgIpc) is 3.39. The smallest absolute Gasteiger partial charge is 0.410 e. The lowest BCUT2D eigenvalue weighted by Gasteiger charge is -2.35. The van der Waals surface area contributed by atoms with E-state index in [1.165, 1.54) is 4.90 Å². The summed E-state index contributed by atoms with van der Waals surface area (Å²) in [6.07, 6.45) is -1.84. The molecule has 3 atom stereocenters. The van der Waals surface area contributed by atoms with E-state index in [1.807, 2.05) is 54.6 Å². The van der Waals surface area contributed by atoms with Crippen molar-refractivity contribution in [2.75, 3.05) is 26.3 Å². The van der Waals surface area contributed by atoms with Gasteiger partial charge in [-0.1, -0.05) is 78.9 Å². The van der Waals surface area contributed by atoms with Crippen LogP contribution in [-0.4, -0.2) is 66.4 Å². The first kappa shape index (κ1) is 23.7. The molecule has 3 aromatic rings.